The van der Waals surface area contributed by atoms with Crippen LogP contribution in [-0.4, -0.2) is 67.9 Å². The largest absolute Gasteiger partial charge is 0.480 e. The number of carboxylic acids is 1. The van der Waals surface area contributed by atoms with Crippen LogP contribution >= 0.6 is 11.8 Å². The molecule has 1 rings (SSSR count). The van der Waals surface area contributed by atoms with Gasteiger partial charge < -0.3 is 15.1 Å². The Morgan fingerprint density at radius 1 is 1.38 bits per heavy atom. The maximum atomic E-state index is 12.7. The highest BCUT2D eigenvalue weighted by molar-refractivity contribution is 8.00. The number of urea groups is 1. The van der Waals surface area contributed by atoms with Gasteiger partial charge >= 0.3 is 12.0 Å². The summed E-state index contributed by atoms with van der Waals surface area (Å²) >= 11 is 1.52. The Balaban J connectivity index is 2.93. The van der Waals surface area contributed by atoms with Gasteiger partial charge in [0.2, 0.25) is 0 Å². The first-order chi connectivity index (χ1) is 9.71. The minimum absolute atomic E-state index is 0.0977. The molecule has 2 unspecified atom stereocenters. The Kier molecular flexibility index (Phi) is 6.34. The van der Waals surface area contributed by atoms with Crippen molar-refractivity contribution in [3.05, 3.63) is 0 Å². The fourth-order valence-electron chi connectivity index (χ4n) is 2.42. The number of amides is 2. The third kappa shape index (κ3) is 4.78. The SMILES string of the molecule is CCCC1SCC(C(=O)O)N1C(=O)N(CC)CC(C)(C)O. The molecular formula is C14H26N2O4S. The van der Waals surface area contributed by atoms with E-state index >= 15 is 0 Å². The van der Waals surface area contributed by atoms with Gasteiger partial charge in [0, 0.05) is 12.3 Å². The molecule has 7 heteroatoms. The predicted molar refractivity (Wildman–Crippen MR) is 83.4 cm³/mol. The van der Waals surface area contributed by atoms with Crippen molar-refractivity contribution >= 4 is 23.8 Å². The Morgan fingerprint density at radius 3 is 2.43 bits per heavy atom. The van der Waals surface area contributed by atoms with Gasteiger partial charge in [0.05, 0.1) is 17.5 Å². The van der Waals surface area contributed by atoms with Gasteiger partial charge in [0.1, 0.15) is 6.04 Å². The molecule has 0 aliphatic carbocycles. The van der Waals surface area contributed by atoms with E-state index in [1.807, 2.05) is 13.8 Å². The number of carboxylic acid groups (broad SMARTS) is 1. The molecule has 1 heterocycles. The Hall–Kier alpha value is -0.950. The van der Waals surface area contributed by atoms with E-state index in [1.165, 1.54) is 21.6 Å². The summed E-state index contributed by atoms with van der Waals surface area (Å²) in [4.78, 5) is 27.1. The molecule has 0 spiro atoms. The van der Waals surface area contributed by atoms with Gasteiger partial charge in [-0.2, -0.15) is 0 Å². The van der Waals surface area contributed by atoms with Crippen LogP contribution in [0.2, 0.25) is 0 Å². The van der Waals surface area contributed by atoms with Gasteiger partial charge in [0.25, 0.3) is 0 Å². The second-order valence-corrected chi connectivity index (χ2v) is 7.16. The average molecular weight is 318 g/mol. The van der Waals surface area contributed by atoms with Crippen molar-refractivity contribution in [2.24, 2.45) is 0 Å². The van der Waals surface area contributed by atoms with E-state index in [1.54, 1.807) is 13.8 Å². The molecule has 2 N–H and O–H groups in total. The van der Waals surface area contributed by atoms with Crippen LogP contribution in [0.1, 0.15) is 40.5 Å². The number of hydrogen-bond acceptors (Lipinski definition) is 4. The molecule has 0 aromatic rings. The minimum atomic E-state index is -1.00. The minimum Gasteiger partial charge on any atom is -0.480 e. The highest BCUT2D eigenvalue weighted by Crippen LogP contribution is 2.33. The van der Waals surface area contributed by atoms with Crippen molar-refractivity contribution in [3.8, 4) is 0 Å². The van der Waals surface area contributed by atoms with E-state index in [2.05, 4.69) is 0 Å². The van der Waals surface area contributed by atoms with Crippen molar-refractivity contribution in [1.29, 1.82) is 0 Å². The number of nitrogens with zero attached hydrogens (tertiary/aromatic N) is 2. The lowest BCUT2D eigenvalue weighted by Gasteiger charge is -2.35. The van der Waals surface area contributed by atoms with Crippen molar-refractivity contribution in [2.75, 3.05) is 18.8 Å². The summed E-state index contributed by atoms with van der Waals surface area (Å²) in [6.45, 7) is 7.76. The number of rotatable bonds is 6. The number of aliphatic hydroxyl groups is 1. The van der Waals surface area contributed by atoms with Crippen LogP contribution in [0, 0.1) is 0 Å². The van der Waals surface area contributed by atoms with Crippen molar-refractivity contribution < 1.29 is 19.8 Å². The molecule has 0 bridgehead atoms. The Bertz CT molecular complexity index is 384. The van der Waals surface area contributed by atoms with Crippen LogP contribution in [0.3, 0.4) is 0 Å². The highest BCUT2D eigenvalue weighted by atomic mass is 32.2. The van der Waals surface area contributed by atoms with E-state index < -0.39 is 17.6 Å². The van der Waals surface area contributed by atoms with E-state index in [4.69, 9.17) is 0 Å². The molecule has 1 aliphatic heterocycles. The van der Waals surface area contributed by atoms with Gasteiger partial charge in [-0.25, -0.2) is 9.59 Å². The molecule has 122 valence electrons. The van der Waals surface area contributed by atoms with Crippen LogP contribution in [-0.2, 0) is 4.79 Å². The fourth-order valence-corrected chi connectivity index (χ4v) is 3.93. The summed E-state index contributed by atoms with van der Waals surface area (Å²) in [5.41, 5.74) is -1.00. The summed E-state index contributed by atoms with van der Waals surface area (Å²) in [6.07, 6.45) is 1.67. The average Bonchev–Trinajstić information content (AvgIpc) is 2.78. The quantitative estimate of drug-likeness (QED) is 0.781. The summed E-state index contributed by atoms with van der Waals surface area (Å²) in [6, 6.07) is -1.08. The summed E-state index contributed by atoms with van der Waals surface area (Å²) < 4.78 is 0. The van der Waals surface area contributed by atoms with Gasteiger partial charge in [-0.3, -0.25) is 4.90 Å². The van der Waals surface area contributed by atoms with Crippen LogP contribution in [0.25, 0.3) is 0 Å². The maximum Gasteiger partial charge on any atom is 0.327 e. The number of carbonyl (C=O) groups is 2. The molecule has 21 heavy (non-hydrogen) atoms. The molecule has 0 saturated carbocycles. The monoisotopic (exact) mass is 318 g/mol. The number of likely N-dealkylation sites (N-methyl/N-ethyl adjacent to an activating group) is 1. The Labute approximate surface area is 130 Å². The number of thioether (sulfide) groups is 1. The summed E-state index contributed by atoms with van der Waals surface area (Å²) in [5, 5.41) is 19.2. The van der Waals surface area contributed by atoms with Crippen LogP contribution in [0.15, 0.2) is 0 Å². The zero-order chi connectivity index (χ0) is 16.2. The lowest BCUT2D eigenvalue weighted by atomic mass is 10.1. The normalized spacial score (nSPS) is 22.4. The molecule has 0 aromatic heterocycles. The van der Waals surface area contributed by atoms with E-state index in [0.717, 1.165) is 12.8 Å². The standard InChI is InChI=1S/C14H26N2O4S/c1-5-7-11-16(10(8-21-11)12(17)18)13(19)15(6-2)9-14(3,4)20/h10-11,20H,5-9H2,1-4H3,(H,17,18). The zero-order valence-electron chi connectivity index (χ0n) is 13.2. The van der Waals surface area contributed by atoms with E-state index in [0.29, 0.717) is 12.3 Å². The second-order valence-electron chi connectivity index (χ2n) is 5.95. The topological polar surface area (TPSA) is 81.1 Å². The molecule has 0 aromatic carbocycles. The molecular weight excluding hydrogens is 292 g/mol. The third-order valence-electron chi connectivity index (χ3n) is 3.36. The number of hydrogen-bond donors (Lipinski definition) is 2. The first kappa shape index (κ1) is 18.1. The van der Waals surface area contributed by atoms with Crippen LogP contribution in [0.4, 0.5) is 4.79 Å². The van der Waals surface area contributed by atoms with Crippen molar-refractivity contribution in [1.82, 2.24) is 9.80 Å². The first-order valence-electron chi connectivity index (χ1n) is 7.35. The molecule has 1 saturated heterocycles. The number of carbonyl (C=O) groups excluding carboxylic acids is 1. The number of aliphatic carboxylic acids is 1. The van der Waals surface area contributed by atoms with Crippen molar-refractivity contribution in [3.63, 3.8) is 0 Å². The first-order valence-corrected chi connectivity index (χ1v) is 8.40. The van der Waals surface area contributed by atoms with E-state index in [9.17, 15) is 19.8 Å². The molecule has 2 atom stereocenters. The third-order valence-corrected chi connectivity index (χ3v) is 4.72. The molecule has 6 nitrogen and oxygen atoms in total. The summed E-state index contributed by atoms with van der Waals surface area (Å²) in [7, 11) is 0. The molecule has 1 aliphatic rings. The predicted octanol–water partition coefficient (Wildman–Crippen LogP) is 1.83. The van der Waals surface area contributed by atoms with Crippen molar-refractivity contribution in [2.45, 2.75) is 57.6 Å². The maximum absolute atomic E-state index is 12.7. The molecule has 1 fully saturated rings. The van der Waals surface area contributed by atoms with Gasteiger partial charge in [-0.05, 0) is 27.2 Å². The van der Waals surface area contributed by atoms with Gasteiger partial charge in [-0.15, -0.1) is 11.8 Å². The highest BCUT2D eigenvalue weighted by Gasteiger charge is 2.43. The van der Waals surface area contributed by atoms with Gasteiger partial charge in [0.15, 0.2) is 0 Å². The smallest absolute Gasteiger partial charge is 0.327 e. The molecule has 0 radical (unpaired) electrons. The van der Waals surface area contributed by atoms with E-state index in [-0.39, 0.29) is 17.9 Å². The lowest BCUT2D eigenvalue weighted by Crippen LogP contribution is -2.54. The lowest BCUT2D eigenvalue weighted by molar-refractivity contribution is -0.141. The Morgan fingerprint density at radius 2 is 2.00 bits per heavy atom. The van der Waals surface area contributed by atoms with Crippen LogP contribution in [0.5, 0.6) is 0 Å². The molecule has 2 amide bonds. The zero-order valence-corrected chi connectivity index (χ0v) is 14.0. The second kappa shape index (κ2) is 7.35. The van der Waals surface area contributed by atoms with Gasteiger partial charge in [-0.1, -0.05) is 13.3 Å². The fraction of sp³-hybridized carbons (Fsp3) is 0.857. The van der Waals surface area contributed by atoms with Crippen LogP contribution < -0.4 is 0 Å². The summed E-state index contributed by atoms with van der Waals surface area (Å²) in [5.74, 6) is -0.542.